The third kappa shape index (κ3) is 3.47. The summed E-state index contributed by atoms with van der Waals surface area (Å²) in [5.74, 6) is 0.892. The molecule has 2 aliphatic heterocycles. The van der Waals surface area contributed by atoms with Gasteiger partial charge < -0.3 is 14.4 Å². The van der Waals surface area contributed by atoms with Gasteiger partial charge in [-0.15, -0.1) is 0 Å². The van der Waals surface area contributed by atoms with E-state index in [1.54, 1.807) is 0 Å². The third-order valence-corrected chi connectivity index (χ3v) is 5.36. The standard InChI is InChI=1S/C19H29N3O3/c1-19(2,3)22-16(13-6-7-13)11-15(20-22)17(23)21-8-4-5-14(12-21)18-24-9-10-25-18/h11,13-14,18H,4-10,12H2,1-3H3. The molecule has 3 fully saturated rings. The van der Waals surface area contributed by atoms with Gasteiger partial charge in [0.25, 0.3) is 5.91 Å². The van der Waals surface area contributed by atoms with Crippen molar-refractivity contribution in [3.05, 3.63) is 17.5 Å². The fraction of sp³-hybridized carbons (Fsp3) is 0.789. The molecule has 25 heavy (non-hydrogen) atoms. The molecule has 1 amide bonds. The summed E-state index contributed by atoms with van der Waals surface area (Å²) in [4.78, 5) is 15.0. The van der Waals surface area contributed by atoms with Crippen LogP contribution in [0, 0.1) is 5.92 Å². The lowest BCUT2D eigenvalue weighted by atomic mass is 9.97. The quantitative estimate of drug-likeness (QED) is 0.844. The minimum atomic E-state index is -0.148. The van der Waals surface area contributed by atoms with E-state index in [1.807, 2.05) is 11.0 Å². The molecule has 0 spiro atoms. The summed E-state index contributed by atoms with van der Waals surface area (Å²) in [6.45, 7) is 9.25. The summed E-state index contributed by atoms with van der Waals surface area (Å²) < 4.78 is 13.4. The van der Waals surface area contributed by atoms with E-state index < -0.39 is 0 Å². The van der Waals surface area contributed by atoms with Crippen LogP contribution < -0.4 is 0 Å². The van der Waals surface area contributed by atoms with Gasteiger partial charge in [0.05, 0.1) is 18.8 Å². The molecule has 3 heterocycles. The first kappa shape index (κ1) is 17.0. The molecular weight excluding hydrogens is 318 g/mol. The molecular formula is C19H29N3O3. The number of rotatable bonds is 3. The fourth-order valence-electron chi connectivity index (χ4n) is 3.93. The second-order valence-electron chi connectivity index (χ2n) is 8.57. The normalized spacial score (nSPS) is 25.6. The van der Waals surface area contributed by atoms with Gasteiger partial charge in [-0.25, -0.2) is 0 Å². The van der Waals surface area contributed by atoms with Gasteiger partial charge in [0.1, 0.15) is 0 Å². The first-order valence-corrected chi connectivity index (χ1v) is 9.56. The summed E-state index contributed by atoms with van der Waals surface area (Å²) in [7, 11) is 0. The number of aromatic nitrogens is 2. The minimum absolute atomic E-state index is 0.0487. The number of carbonyl (C=O) groups excluding carboxylic acids is 1. The van der Waals surface area contributed by atoms with E-state index in [2.05, 4.69) is 25.5 Å². The lowest BCUT2D eigenvalue weighted by molar-refractivity contribution is -0.0969. The van der Waals surface area contributed by atoms with Gasteiger partial charge in [0, 0.05) is 30.6 Å². The van der Waals surface area contributed by atoms with Gasteiger partial charge in [-0.2, -0.15) is 5.10 Å². The van der Waals surface area contributed by atoms with E-state index in [4.69, 9.17) is 14.6 Å². The summed E-state index contributed by atoms with van der Waals surface area (Å²) in [5, 5.41) is 4.70. The van der Waals surface area contributed by atoms with Crippen LogP contribution in [-0.4, -0.2) is 53.2 Å². The van der Waals surface area contributed by atoms with Crippen LogP contribution in [0.4, 0.5) is 0 Å². The smallest absolute Gasteiger partial charge is 0.274 e. The van der Waals surface area contributed by atoms with Gasteiger partial charge in [-0.3, -0.25) is 9.48 Å². The molecule has 4 rings (SSSR count). The highest BCUT2D eigenvalue weighted by atomic mass is 16.7. The SMILES string of the molecule is CC(C)(C)n1nc(C(=O)N2CCCC(C3OCCO3)C2)cc1C1CC1. The summed E-state index contributed by atoms with van der Waals surface area (Å²) in [5.41, 5.74) is 1.70. The van der Waals surface area contributed by atoms with Crippen molar-refractivity contribution in [2.24, 2.45) is 5.92 Å². The number of hydrogen-bond acceptors (Lipinski definition) is 4. The van der Waals surface area contributed by atoms with Gasteiger partial charge in [0.15, 0.2) is 12.0 Å². The van der Waals surface area contributed by atoms with E-state index >= 15 is 0 Å². The van der Waals surface area contributed by atoms with Crippen molar-refractivity contribution in [3.8, 4) is 0 Å². The second kappa shape index (κ2) is 6.40. The van der Waals surface area contributed by atoms with Gasteiger partial charge in [-0.05, 0) is 52.5 Å². The van der Waals surface area contributed by atoms with E-state index in [-0.39, 0.29) is 23.7 Å². The van der Waals surface area contributed by atoms with E-state index in [0.29, 0.717) is 31.4 Å². The average Bonchev–Trinajstić information content (AvgIpc) is 3.12. The predicted molar refractivity (Wildman–Crippen MR) is 93.5 cm³/mol. The molecule has 2 saturated heterocycles. The molecule has 1 saturated carbocycles. The van der Waals surface area contributed by atoms with Crippen molar-refractivity contribution in [3.63, 3.8) is 0 Å². The molecule has 6 nitrogen and oxygen atoms in total. The maximum Gasteiger partial charge on any atom is 0.274 e. The van der Waals surface area contributed by atoms with Crippen molar-refractivity contribution in [2.45, 2.75) is 64.2 Å². The highest BCUT2D eigenvalue weighted by molar-refractivity contribution is 5.92. The molecule has 1 aromatic heterocycles. The average molecular weight is 347 g/mol. The van der Waals surface area contributed by atoms with Gasteiger partial charge in [0.2, 0.25) is 0 Å². The fourth-order valence-corrected chi connectivity index (χ4v) is 3.93. The van der Waals surface area contributed by atoms with E-state index in [9.17, 15) is 4.79 Å². The molecule has 0 bridgehead atoms. The Balaban J connectivity index is 1.52. The molecule has 1 unspecified atom stereocenters. The molecule has 0 radical (unpaired) electrons. The highest BCUT2D eigenvalue weighted by Crippen LogP contribution is 2.42. The maximum absolute atomic E-state index is 13.1. The number of hydrogen-bond donors (Lipinski definition) is 0. The molecule has 138 valence electrons. The Bertz CT molecular complexity index is 639. The Morgan fingerprint density at radius 2 is 1.92 bits per heavy atom. The van der Waals surface area contributed by atoms with Crippen molar-refractivity contribution in [2.75, 3.05) is 26.3 Å². The maximum atomic E-state index is 13.1. The van der Waals surface area contributed by atoms with Crippen LogP contribution in [0.2, 0.25) is 0 Å². The van der Waals surface area contributed by atoms with Crippen LogP contribution in [0.5, 0.6) is 0 Å². The molecule has 1 aliphatic carbocycles. The number of ether oxygens (including phenoxy) is 2. The van der Waals surface area contributed by atoms with Crippen LogP contribution in [0.1, 0.15) is 68.6 Å². The van der Waals surface area contributed by atoms with Crippen LogP contribution in [0.25, 0.3) is 0 Å². The van der Waals surface area contributed by atoms with Crippen LogP contribution in [0.3, 0.4) is 0 Å². The zero-order chi connectivity index (χ0) is 17.6. The number of nitrogens with zero attached hydrogens (tertiary/aromatic N) is 3. The molecule has 0 N–H and O–H groups in total. The Labute approximate surface area is 149 Å². The Kier molecular flexibility index (Phi) is 4.36. The predicted octanol–water partition coefficient (Wildman–Crippen LogP) is 2.74. The highest BCUT2D eigenvalue weighted by Gasteiger charge is 2.36. The second-order valence-corrected chi connectivity index (χ2v) is 8.57. The van der Waals surface area contributed by atoms with Crippen molar-refractivity contribution in [1.29, 1.82) is 0 Å². The Hall–Kier alpha value is -1.40. The van der Waals surface area contributed by atoms with Crippen molar-refractivity contribution < 1.29 is 14.3 Å². The van der Waals surface area contributed by atoms with Gasteiger partial charge >= 0.3 is 0 Å². The third-order valence-electron chi connectivity index (χ3n) is 5.36. The Morgan fingerprint density at radius 1 is 1.20 bits per heavy atom. The molecule has 0 aromatic carbocycles. The van der Waals surface area contributed by atoms with E-state index in [1.165, 1.54) is 18.5 Å². The summed E-state index contributed by atoms with van der Waals surface area (Å²) in [6.07, 6.45) is 4.31. The van der Waals surface area contributed by atoms with Crippen LogP contribution in [0.15, 0.2) is 6.07 Å². The lowest BCUT2D eigenvalue weighted by Gasteiger charge is -2.34. The van der Waals surface area contributed by atoms with E-state index in [0.717, 1.165) is 19.4 Å². The van der Waals surface area contributed by atoms with Crippen molar-refractivity contribution in [1.82, 2.24) is 14.7 Å². The monoisotopic (exact) mass is 347 g/mol. The number of likely N-dealkylation sites (tertiary alicyclic amines) is 1. The number of amides is 1. The first-order valence-electron chi connectivity index (χ1n) is 9.56. The molecule has 1 atom stereocenters. The number of piperidine rings is 1. The largest absolute Gasteiger partial charge is 0.350 e. The molecule has 3 aliphatic rings. The van der Waals surface area contributed by atoms with Gasteiger partial charge in [-0.1, -0.05) is 0 Å². The minimum Gasteiger partial charge on any atom is -0.350 e. The first-order chi connectivity index (χ1) is 11.9. The lowest BCUT2D eigenvalue weighted by Crippen LogP contribution is -2.44. The zero-order valence-electron chi connectivity index (χ0n) is 15.5. The zero-order valence-corrected chi connectivity index (χ0v) is 15.5. The number of carbonyl (C=O) groups is 1. The van der Waals surface area contributed by atoms with Crippen LogP contribution >= 0.6 is 0 Å². The summed E-state index contributed by atoms with van der Waals surface area (Å²) in [6, 6.07) is 2.03. The Morgan fingerprint density at radius 3 is 2.56 bits per heavy atom. The topological polar surface area (TPSA) is 56.6 Å². The molecule has 6 heteroatoms. The summed E-state index contributed by atoms with van der Waals surface area (Å²) >= 11 is 0. The van der Waals surface area contributed by atoms with Crippen molar-refractivity contribution >= 4 is 5.91 Å². The van der Waals surface area contributed by atoms with Crippen LogP contribution in [-0.2, 0) is 15.0 Å². The molecule has 1 aromatic rings.